The maximum Gasteiger partial charge on any atom is 0.0715 e. The van der Waals surface area contributed by atoms with Crippen molar-refractivity contribution in [2.75, 3.05) is 0 Å². The van der Waals surface area contributed by atoms with Crippen molar-refractivity contribution in [1.29, 1.82) is 0 Å². The highest BCUT2D eigenvalue weighted by molar-refractivity contribution is 6.12. The zero-order valence-corrected chi connectivity index (χ0v) is 37.4. The molecule has 3 aromatic heterocycles. The number of aromatic nitrogens is 3. The zero-order chi connectivity index (χ0) is 45.6. The van der Waals surface area contributed by atoms with Gasteiger partial charge in [0.25, 0.3) is 0 Å². The summed E-state index contributed by atoms with van der Waals surface area (Å²) in [4.78, 5) is 5.16. The van der Waals surface area contributed by atoms with Crippen LogP contribution in [0.4, 0.5) is 0 Å². The summed E-state index contributed by atoms with van der Waals surface area (Å²) in [7, 11) is 0. The zero-order valence-electron chi connectivity index (χ0n) is 37.4. The Kier molecular flexibility index (Phi) is 10.2. The molecule has 0 atom stereocenters. The van der Waals surface area contributed by atoms with Gasteiger partial charge in [-0.2, -0.15) is 0 Å². The molecule has 0 unspecified atom stereocenters. The molecule has 3 heteroatoms. The average molecular weight is 868 g/mol. The van der Waals surface area contributed by atoms with Crippen LogP contribution in [0, 0.1) is 0 Å². The fraction of sp³-hybridized carbons (Fsp3) is 0. The number of nitrogens with zero attached hydrogens (tertiary/aromatic N) is 3. The monoisotopic (exact) mass is 867 g/mol. The lowest BCUT2D eigenvalue weighted by atomic mass is 9.97. The first kappa shape index (κ1) is 40.5. The van der Waals surface area contributed by atoms with Crippen LogP contribution in [-0.4, -0.2) is 14.1 Å². The number of fused-ring (bicyclic) bond motifs is 6. The number of para-hydroxylation sites is 2. The molecule has 9 aromatic carbocycles. The Morgan fingerprint density at radius 3 is 1.50 bits per heavy atom. The second-order valence-electron chi connectivity index (χ2n) is 17.3. The molecule has 3 nitrogen and oxygen atoms in total. The number of rotatable bonds is 10. The Morgan fingerprint density at radius 2 is 0.838 bits per heavy atom. The van der Waals surface area contributed by atoms with Gasteiger partial charge in [0.15, 0.2) is 0 Å². The Hall–Kier alpha value is -9.05. The minimum absolute atomic E-state index is 0.946. The molecule has 320 valence electrons. The molecule has 0 aliphatic heterocycles. The molecule has 12 aromatic rings. The highest BCUT2D eigenvalue weighted by atomic mass is 15.0. The van der Waals surface area contributed by atoms with E-state index < -0.39 is 0 Å². The summed E-state index contributed by atoms with van der Waals surface area (Å²) >= 11 is 0. The second kappa shape index (κ2) is 17.1. The summed E-state index contributed by atoms with van der Waals surface area (Å²) in [6, 6.07) is 83.1. The van der Waals surface area contributed by atoms with Crippen LogP contribution in [0.25, 0.3) is 116 Å². The van der Waals surface area contributed by atoms with Gasteiger partial charge in [-0.25, -0.2) is 4.98 Å². The maximum atomic E-state index is 5.16. The van der Waals surface area contributed by atoms with E-state index in [0.29, 0.717) is 0 Å². The van der Waals surface area contributed by atoms with Crippen LogP contribution < -0.4 is 0 Å². The lowest BCUT2D eigenvalue weighted by Gasteiger charge is -2.14. The molecule has 12 rings (SSSR count). The van der Waals surface area contributed by atoms with Crippen LogP contribution in [-0.2, 0) is 0 Å². The summed E-state index contributed by atoms with van der Waals surface area (Å²) in [5, 5.41) is 4.84. The first-order chi connectivity index (χ1) is 33.6. The molecule has 0 aliphatic carbocycles. The molecule has 0 bridgehead atoms. The van der Waals surface area contributed by atoms with E-state index in [2.05, 4.69) is 253 Å². The average Bonchev–Trinajstić information content (AvgIpc) is 3.93. The molecule has 0 radical (unpaired) electrons. The molecule has 3 heterocycles. The van der Waals surface area contributed by atoms with E-state index in [-0.39, 0.29) is 0 Å². The first-order valence-electron chi connectivity index (χ1n) is 23.1. The topological polar surface area (TPSA) is 22.8 Å². The van der Waals surface area contributed by atoms with Crippen molar-refractivity contribution in [1.82, 2.24) is 14.1 Å². The van der Waals surface area contributed by atoms with Crippen molar-refractivity contribution in [2.24, 2.45) is 0 Å². The standard InChI is InChI=1S/C65H45N3/c1-3-19-44(4-2)51-36-52(45-20-8-5-9-21-45)39-55(38-51)68-63-31-17-15-29-57(63)59-40-49(33-35-64(59)68)50-32-34-58-56-28-14-16-30-62(56)67(65(58)43-50)54-27-18-26-48(37-54)53-41-60(46-22-10-6-11-23-46)66-61(42-53)47-24-12-7-13-25-47/h3-43H,1-2H2/b44-19+. The van der Waals surface area contributed by atoms with E-state index in [9.17, 15) is 0 Å². The fourth-order valence-electron chi connectivity index (χ4n) is 10.0. The molecule has 0 amide bonds. The quantitative estimate of drug-likeness (QED) is 0.126. The van der Waals surface area contributed by atoms with Crippen molar-refractivity contribution in [3.05, 3.63) is 267 Å². The molecular formula is C65H45N3. The normalized spacial score (nSPS) is 11.7. The number of allylic oxidation sites excluding steroid dienone is 4. The van der Waals surface area contributed by atoms with E-state index in [1.807, 2.05) is 18.2 Å². The molecular weight excluding hydrogens is 823 g/mol. The highest BCUT2D eigenvalue weighted by Gasteiger charge is 2.18. The Morgan fingerprint density at radius 1 is 0.338 bits per heavy atom. The summed E-state index contributed by atoms with van der Waals surface area (Å²) in [5.74, 6) is 0. The fourth-order valence-corrected chi connectivity index (χ4v) is 10.0. The molecule has 0 fully saturated rings. The number of pyridine rings is 1. The van der Waals surface area contributed by atoms with Crippen LogP contribution in [0.2, 0.25) is 0 Å². The van der Waals surface area contributed by atoms with Crippen LogP contribution in [0.15, 0.2) is 262 Å². The van der Waals surface area contributed by atoms with Gasteiger partial charge in [-0.3, -0.25) is 0 Å². The minimum Gasteiger partial charge on any atom is -0.309 e. The van der Waals surface area contributed by atoms with Crippen molar-refractivity contribution in [2.45, 2.75) is 0 Å². The van der Waals surface area contributed by atoms with Crippen LogP contribution in [0.1, 0.15) is 5.56 Å². The van der Waals surface area contributed by atoms with Crippen molar-refractivity contribution >= 4 is 49.2 Å². The third-order valence-corrected chi connectivity index (χ3v) is 13.2. The van der Waals surface area contributed by atoms with Gasteiger partial charge in [-0.05, 0) is 117 Å². The van der Waals surface area contributed by atoms with Gasteiger partial charge < -0.3 is 9.13 Å². The lowest BCUT2D eigenvalue weighted by Crippen LogP contribution is -1.97. The molecule has 0 aliphatic rings. The Bertz CT molecular complexity index is 3870. The number of benzene rings is 9. The molecule has 0 saturated carbocycles. The summed E-state index contributed by atoms with van der Waals surface area (Å²) in [5.41, 5.74) is 19.8. The van der Waals surface area contributed by atoms with Crippen molar-refractivity contribution in [3.8, 4) is 67.3 Å². The van der Waals surface area contributed by atoms with Gasteiger partial charge in [-0.15, -0.1) is 0 Å². The molecule has 0 saturated heterocycles. The summed E-state index contributed by atoms with van der Waals surface area (Å²) in [6.07, 6.45) is 5.76. The number of hydrogen-bond acceptors (Lipinski definition) is 1. The SMILES string of the molecule is C=C/C=C(\C=C)c1cc(-c2ccccc2)cc(-n2c3ccccc3c3cc(-c4ccc5c6ccccc6n(-c6cccc(-c7cc(-c8ccccc8)nc(-c8ccccc8)c7)c6)c5c4)ccc32)c1. The molecule has 0 N–H and O–H groups in total. The van der Waals surface area contributed by atoms with Crippen LogP contribution in [0.5, 0.6) is 0 Å². The minimum atomic E-state index is 0.946. The van der Waals surface area contributed by atoms with E-state index in [0.717, 1.165) is 95.0 Å². The second-order valence-corrected chi connectivity index (χ2v) is 17.3. The van der Waals surface area contributed by atoms with Crippen LogP contribution >= 0.6 is 0 Å². The third-order valence-electron chi connectivity index (χ3n) is 13.2. The van der Waals surface area contributed by atoms with E-state index in [1.165, 1.54) is 27.1 Å². The Balaban J connectivity index is 1.00. The third kappa shape index (κ3) is 7.15. The van der Waals surface area contributed by atoms with Gasteiger partial charge in [-0.1, -0.05) is 189 Å². The Labute approximate surface area is 396 Å². The van der Waals surface area contributed by atoms with Gasteiger partial charge in [0.05, 0.1) is 33.5 Å². The van der Waals surface area contributed by atoms with Crippen LogP contribution in [0.3, 0.4) is 0 Å². The molecule has 68 heavy (non-hydrogen) atoms. The first-order valence-corrected chi connectivity index (χ1v) is 23.1. The van der Waals surface area contributed by atoms with Gasteiger partial charge >= 0.3 is 0 Å². The largest absolute Gasteiger partial charge is 0.309 e. The van der Waals surface area contributed by atoms with E-state index >= 15 is 0 Å². The van der Waals surface area contributed by atoms with Gasteiger partial charge in [0.2, 0.25) is 0 Å². The lowest BCUT2D eigenvalue weighted by molar-refractivity contribution is 1.18. The van der Waals surface area contributed by atoms with Gasteiger partial charge in [0.1, 0.15) is 0 Å². The predicted octanol–water partition coefficient (Wildman–Crippen LogP) is 17.4. The van der Waals surface area contributed by atoms with Crippen molar-refractivity contribution < 1.29 is 0 Å². The summed E-state index contributed by atoms with van der Waals surface area (Å²) in [6.45, 7) is 8.15. The number of hydrogen-bond donors (Lipinski definition) is 0. The summed E-state index contributed by atoms with van der Waals surface area (Å²) < 4.78 is 4.83. The van der Waals surface area contributed by atoms with E-state index in [1.54, 1.807) is 0 Å². The van der Waals surface area contributed by atoms with Crippen molar-refractivity contribution in [3.63, 3.8) is 0 Å². The van der Waals surface area contributed by atoms with E-state index in [4.69, 9.17) is 4.98 Å². The predicted molar refractivity (Wildman–Crippen MR) is 288 cm³/mol. The molecule has 0 spiro atoms. The smallest absolute Gasteiger partial charge is 0.0715 e. The highest BCUT2D eigenvalue weighted by Crippen LogP contribution is 2.40. The van der Waals surface area contributed by atoms with Gasteiger partial charge in [0, 0.05) is 44.0 Å². The maximum absolute atomic E-state index is 5.16.